The van der Waals surface area contributed by atoms with Crippen LogP contribution in [-0.4, -0.2) is 37.0 Å². The van der Waals surface area contributed by atoms with Crippen LogP contribution >= 0.6 is 0 Å². The van der Waals surface area contributed by atoms with E-state index in [1.807, 2.05) is 61.6 Å². The zero-order valence-electron chi connectivity index (χ0n) is 12.7. The molecular formula is C18H20N2O2. The van der Waals surface area contributed by atoms with Crippen molar-refractivity contribution in [2.24, 2.45) is 0 Å². The van der Waals surface area contributed by atoms with Gasteiger partial charge in [0.2, 0.25) is 0 Å². The Morgan fingerprint density at radius 1 is 1.14 bits per heavy atom. The molecule has 1 N–H and O–H groups in total. The van der Waals surface area contributed by atoms with Gasteiger partial charge in [0.15, 0.2) is 0 Å². The molecule has 0 saturated carbocycles. The molecule has 1 heterocycles. The molecule has 1 fully saturated rings. The number of rotatable bonds is 5. The van der Waals surface area contributed by atoms with Crippen LogP contribution in [0.4, 0.5) is 0 Å². The first-order valence-electron chi connectivity index (χ1n) is 7.49. The second-order valence-corrected chi connectivity index (χ2v) is 5.53. The molecule has 0 atom stereocenters. The highest BCUT2D eigenvalue weighted by Crippen LogP contribution is 2.16. The van der Waals surface area contributed by atoms with Gasteiger partial charge >= 0.3 is 0 Å². The molecule has 0 radical (unpaired) electrons. The lowest BCUT2D eigenvalue weighted by atomic mass is 10.1. The lowest BCUT2D eigenvalue weighted by molar-refractivity contribution is 0.0681. The number of likely N-dealkylation sites (N-methyl/N-ethyl adjacent to an activating group) is 1. The Bertz CT molecular complexity index is 621. The van der Waals surface area contributed by atoms with E-state index >= 15 is 0 Å². The molecule has 114 valence electrons. The van der Waals surface area contributed by atoms with Gasteiger partial charge in [-0.15, -0.1) is 0 Å². The molecule has 3 rings (SSSR count). The molecule has 0 aliphatic carbocycles. The van der Waals surface area contributed by atoms with Gasteiger partial charge < -0.3 is 15.0 Å². The third-order valence-electron chi connectivity index (χ3n) is 3.98. The zero-order valence-corrected chi connectivity index (χ0v) is 12.7. The summed E-state index contributed by atoms with van der Waals surface area (Å²) in [6, 6.07) is 17.7. The van der Waals surface area contributed by atoms with E-state index in [0.29, 0.717) is 18.2 Å². The van der Waals surface area contributed by atoms with Gasteiger partial charge in [-0.2, -0.15) is 0 Å². The van der Waals surface area contributed by atoms with Crippen LogP contribution in [0.2, 0.25) is 0 Å². The first kappa shape index (κ1) is 14.6. The molecule has 4 heteroatoms. The van der Waals surface area contributed by atoms with Crippen molar-refractivity contribution >= 4 is 5.91 Å². The monoisotopic (exact) mass is 296 g/mol. The maximum atomic E-state index is 12.3. The predicted molar refractivity (Wildman–Crippen MR) is 86.0 cm³/mol. The Morgan fingerprint density at radius 2 is 1.82 bits per heavy atom. The van der Waals surface area contributed by atoms with E-state index in [9.17, 15) is 4.79 Å². The van der Waals surface area contributed by atoms with Crippen molar-refractivity contribution in [2.45, 2.75) is 12.6 Å². The van der Waals surface area contributed by atoms with Crippen LogP contribution in [-0.2, 0) is 6.61 Å². The maximum absolute atomic E-state index is 12.3. The Labute approximate surface area is 130 Å². The predicted octanol–water partition coefficient (Wildman–Crippen LogP) is 2.31. The fourth-order valence-electron chi connectivity index (χ4n) is 2.35. The topological polar surface area (TPSA) is 41.6 Å². The highest BCUT2D eigenvalue weighted by molar-refractivity contribution is 5.94. The normalized spacial score (nSPS) is 14.2. The minimum absolute atomic E-state index is 0.0566. The van der Waals surface area contributed by atoms with E-state index in [-0.39, 0.29) is 5.91 Å². The number of amides is 1. The number of carbonyl (C=O) groups excluding carboxylic acids is 1. The van der Waals surface area contributed by atoms with E-state index in [2.05, 4.69) is 5.32 Å². The molecule has 0 bridgehead atoms. The van der Waals surface area contributed by atoms with Crippen LogP contribution in [0.5, 0.6) is 5.75 Å². The van der Waals surface area contributed by atoms with Crippen molar-refractivity contribution in [3.8, 4) is 5.75 Å². The van der Waals surface area contributed by atoms with Crippen LogP contribution in [0.1, 0.15) is 15.9 Å². The van der Waals surface area contributed by atoms with Crippen LogP contribution in [0.25, 0.3) is 0 Å². The van der Waals surface area contributed by atoms with Crippen LogP contribution in [0, 0.1) is 0 Å². The van der Waals surface area contributed by atoms with Gasteiger partial charge in [0.05, 0.1) is 6.04 Å². The fourth-order valence-corrected chi connectivity index (χ4v) is 2.35. The van der Waals surface area contributed by atoms with Gasteiger partial charge in [-0.1, -0.05) is 30.3 Å². The van der Waals surface area contributed by atoms with Gasteiger partial charge in [0, 0.05) is 25.7 Å². The average Bonchev–Trinajstić information content (AvgIpc) is 2.52. The third-order valence-corrected chi connectivity index (χ3v) is 3.98. The molecule has 1 amide bonds. The van der Waals surface area contributed by atoms with Crippen molar-refractivity contribution < 1.29 is 9.53 Å². The number of nitrogens with one attached hydrogen (secondary N) is 1. The largest absolute Gasteiger partial charge is 0.489 e. The number of ether oxygens (including phenoxy) is 1. The SMILES string of the molecule is CN(C(=O)c1ccc(OCc2ccccc2)cc1)C1CNC1. The molecule has 0 unspecified atom stereocenters. The van der Waals surface area contributed by atoms with Gasteiger partial charge in [0.25, 0.3) is 5.91 Å². The van der Waals surface area contributed by atoms with Gasteiger partial charge in [-0.25, -0.2) is 0 Å². The van der Waals surface area contributed by atoms with Gasteiger partial charge in [-0.05, 0) is 29.8 Å². The number of hydrogen-bond acceptors (Lipinski definition) is 3. The number of carbonyl (C=O) groups is 1. The van der Waals surface area contributed by atoms with E-state index in [1.165, 1.54) is 0 Å². The summed E-state index contributed by atoms with van der Waals surface area (Å²) in [5.74, 6) is 0.828. The molecule has 2 aromatic carbocycles. The highest BCUT2D eigenvalue weighted by Gasteiger charge is 2.25. The lowest BCUT2D eigenvalue weighted by Crippen LogP contribution is -2.57. The smallest absolute Gasteiger partial charge is 0.253 e. The Hall–Kier alpha value is -2.33. The summed E-state index contributed by atoms with van der Waals surface area (Å²) in [7, 11) is 1.85. The average molecular weight is 296 g/mol. The molecule has 0 spiro atoms. The van der Waals surface area contributed by atoms with Crippen molar-refractivity contribution in [1.29, 1.82) is 0 Å². The van der Waals surface area contributed by atoms with Crippen LogP contribution in [0.3, 0.4) is 0 Å². The van der Waals surface area contributed by atoms with E-state index in [1.54, 1.807) is 4.90 Å². The minimum atomic E-state index is 0.0566. The number of nitrogens with zero attached hydrogens (tertiary/aromatic N) is 1. The lowest BCUT2D eigenvalue weighted by Gasteiger charge is -2.35. The van der Waals surface area contributed by atoms with Gasteiger partial charge in [-0.3, -0.25) is 4.79 Å². The van der Waals surface area contributed by atoms with E-state index in [0.717, 1.165) is 24.4 Å². The summed E-state index contributed by atoms with van der Waals surface area (Å²) < 4.78 is 5.73. The van der Waals surface area contributed by atoms with Crippen molar-refractivity contribution in [2.75, 3.05) is 20.1 Å². The van der Waals surface area contributed by atoms with E-state index < -0.39 is 0 Å². The molecule has 22 heavy (non-hydrogen) atoms. The Balaban J connectivity index is 1.59. The molecular weight excluding hydrogens is 276 g/mol. The first-order chi connectivity index (χ1) is 10.7. The summed E-state index contributed by atoms with van der Waals surface area (Å²) in [6.45, 7) is 2.28. The first-order valence-corrected chi connectivity index (χ1v) is 7.49. The highest BCUT2D eigenvalue weighted by atomic mass is 16.5. The quantitative estimate of drug-likeness (QED) is 0.920. The summed E-state index contributed by atoms with van der Waals surface area (Å²) in [5.41, 5.74) is 1.82. The van der Waals surface area contributed by atoms with Crippen molar-refractivity contribution in [1.82, 2.24) is 10.2 Å². The minimum Gasteiger partial charge on any atom is -0.489 e. The summed E-state index contributed by atoms with van der Waals surface area (Å²) in [6.07, 6.45) is 0. The molecule has 1 aliphatic rings. The number of hydrogen-bond donors (Lipinski definition) is 1. The van der Waals surface area contributed by atoms with Gasteiger partial charge in [0.1, 0.15) is 12.4 Å². The molecule has 0 aromatic heterocycles. The number of benzene rings is 2. The summed E-state index contributed by atoms with van der Waals surface area (Å²) >= 11 is 0. The second kappa shape index (κ2) is 6.62. The van der Waals surface area contributed by atoms with Crippen molar-refractivity contribution in [3.05, 3.63) is 65.7 Å². The second-order valence-electron chi connectivity index (χ2n) is 5.53. The third kappa shape index (κ3) is 3.28. The molecule has 1 aliphatic heterocycles. The Kier molecular flexibility index (Phi) is 4.39. The summed E-state index contributed by atoms with van der Waals surface area (Å²) in [4.78, 5) is 14.1. The molecule has 1 saturated heterocycles. The van der Waals surface area contributed by atoms with Crippen LogP contribution < -0.4 is 10.1 Å². The summed E-state index contributed by atoms with van der Waals surface area (Å²) in [5, 5.41) is 3.18. The van der Waals surface area contributed by atoms with E-state index in [4.69, 9.17) is 4.74 Å². The van der Waals surface area contributed by atoms with Crippen LogP contribution in [0.15, 0.2) is 54.6 Å². The molecule has 2 aromatic rings. The zero-order chi connectivity index (χ0) is 15.4. The maximum Gasteiger partial charge on any atom is 0.253 e. The Morgan fingerprint density at radius 3 is 2.41 bits per heavy atom. The van der Waals surface area contributed by atoms with Crippen molar-refractivity contribution in [3.63, 3.8) is 0 Å². The standard InChI is InChI=1S/C18H20N2O2/c1-20(16-11-19-12-16)18(21)15-7-9-17(10-8-15)22-13-14-5-3-2-4-6-14/h2-10,16,19H,11-13H2,1H3. The fraction of sp³-hybridized carbons (Fsp3) is 0.278. The molecule has 4 nitrogen and oxygen atoms in total.